The fourth-order valence-corrected chi connectivity index (χ4v) is 0.773. The first-order valence-corrected chi connectivity index (χ1v) is 4.71. The van der Waals surface area contributed by atoms with Crippen LogP contribution in [0, 0.1) is 0 Å². The van der Waals surface area contributed by atoms with Gasteiger partial charge in [-0.3, -0.25) is 4.74 Å². The molecule has 1 atom stereocenters. The molecule has 3 nitrogen and oxygen atoms in total. The fraction of sp³-hybridized carbons (Fsp3) is 0.778. The summed E-state index contributed by atoms with van der Waals surface area (Å²) in [5, 5.41) is 0. The molecule has 0 bridgehead atoms. The van der Waals surface area contributed by atoms with E-state index in [9.17, 15) is 30.7 Å². The van der Waals surface area contributed by atoms with Crippen LogP contribution in [-0.2, 0) is 14.2 Å². The van der Waals surface area contributed by atoms with E-state index in [1.54, 1.807) is 0 Å². The van der Waals surface area contributed by atoms with E-state index in [-0.39, 0.29) is 6.61 Å². The number of alkyl halides is 6. The van der Waals surface area contributed by atoms with Gasteiger partial charge < -0.3 is 9.47 Å². The zero-order valence-electron chi connectivity index (χ0n) is 9.70. The van der Waals surface area contributed by atoms with Crippen molar-refractivity contribution in [2.24, 2.45) is 0 Å². The van der Waals surface area contributed by atoms with Gasteiger partial charge in [0.1, 0.15) is 6.61 Å². The summed E-state index contributed by atoms with van der Waals surface area (Å²) in [7, 11) is 1.19. The molecule has 0 amide bonds. The van der Waals surface area contributed by atoms with E-state index < -0.39 is 37.2 Å². The largest absolute Gasteiger partial charge is 0.451 e. The van der Waals surface area contributed by atoms with E-state index in [4.69, 9.17) is 0 Å². The molecule has 0 aliphatic heterocycles. The van der Waals surface area contributed by atoms with Crippen molar-refractivity contribution in [3.8, 4) is 0 Å². The van der Waals surface area contributed by atoms with Gasteiger partial charge in [0.15, 0.2) is 5.83 Å². The molecule has 1 unspecified atom stereocenters. The number of hydrogen-bond donors (Lipinski definition) is 0. The van der Waals surface area contributed by atoms with E-state index in [0.717, 1.165) is 0 Å². The molecular formula is C9H11F7O3. The summed E-state index contributed by atoms with van der Waals surface area (Å²) < 4.78 is 99.2. The Morgan fingerprint density at radius 3 is 1.95 bits per heavy atom. The zero-order valence-corrected chi connectivity index (χ0v) is 9.70. The third-order valence-corrected chi connectivity index (χ3v) is 1.75. The van der Waals surface area contributed by atoms with Gasteiger partial charge in [-0.1, -0.05) is 6.58 Å². The van der Waals surface area contributed by atoms with Crippen LogP contribution in [0.1, 0.15) is 0 Å². The van der Waals surface area contributed by atoms with Crippen molar-refractivity contribution in [3.05, 3.63) is 12.4 Å². The van der Waals surface area contributed by atoms with Crippen LogP contribution >= 0.6 is 0 Å². The van der Waals surface area contributed by atoms with E-state index >= 15 is 0 Å². The maximum absolute atomic E-state index is 13.4. The lowest BCUT2D eigenvalue weighted by molar-refractivity contribution is -0.412. The van der Waals surface area contributed by atoms with E-state index in [0.29, 0.717) is 0 Å². The average Bonchev–Trinajstić information content (AvgIpc) is 2.22. The number of ether oxygens (including phenoxy) is 3. The van der Waals surface area contributed by atoms with Crippen LogP contribution in [0.5, 0.6) is 0 Å². The first kappa shape index (κ1) is 18.1. The van der Waals surface area contributed by atoms with Crippen molar-refractivity contribution in [1.29, 1.82) is 0 Å². The summed E-state index contributed by atoms with van der Waals surface area (Å²) in [4.78, 5) is 0. The summed E-state index contributed by atoms with van der Waals surface area (Å²) in [6, 6.07) is 0. The highest BCUT2D eigenvalue weighted by Gasteiger charge is 2.63. The second-order valence-electron chi connectivity index (χ2n) is 3.30. The Kier molecular flexibility index (Phi) is 6.23. The fourth-order valence-electron chi connectivity index (χ4n) is 0.773. The summed E-state index contributed by atoms with van der Waals surface area (Å²) in [6.45, 7) is -0.524. The minimum absolute atomic E-state index is 0.194. The number of halogens is 7. The molecule has 0 saturated heterocycles. The van der Waals surface area contributed by atoms with Crippen molar-refractivity contribution >= 4 is 0 Å². The van der Waals surface area contributed by atoms with Gasteiger partial charge in [0.05, 0.1) is 13.2 Å². The summed E-state index contributed by atoms with van der Waals surface area (Å²) in [6.07, 6.45) is -11.0. The molecule has 0 N–H and O–H groups in total. The highest BCUT2D eigenvalue weighted by Crippen LogP contribution is 2.41. The lowest BCUT2D eigenvalue weighted by Crippen LogP contribution is -2.51. The molecule has 0 aromatic heterocycles. The van der Waals surface area contributed by atoms with E-state index in [2.05, 4.69) is 20.8 Å². The Bertz CT molecular complexity index is 305. The topological polar surface area (TPSA) is 27.7 Å². The van der Waals surface area contributed by atoms with Crippen molar-refractivity contribution in [2.45, 2.75) is 18.1 Å². The molecule has 19 heavy (non-hydrogen) atoms. The summed E-state index contributed by atoms with van der Waals surface area (Å²) in [5.41, 5.74) is 0. The monoisotopic (exact) mass is 300 g/mol. The highest BCUT2D eigenvalue weighted by atomic mass is 19.4. The lowest BCUT2D eigenvalue weighted by atomic mass is 10.3. The lowest BCUT2D eigenvalue weighted by Gasteiger charge is -2.30. The van der Waals surface area contributed by atoms with Gasteiger partial charge in [-0.05, 0) is 0 Å². The van der Waals surface area contributed by atoms with Crippen LogP contribution < -0.4 is 0 Å². The van der Waals surface area contributed by atoms with Gasteiger partial charge in [-0.15, -0.1) is 0 Å². The number of methoxy groups -OCH3 is 1. The van der Waals surface area contributed by atoms with Gasteiger partial charge >= 0.3 is 18.1 Å². The van der Waals surface area contributed by atoms with Gasteiger partial charge in [0.25, 0.3) is 0 Å². The Hall–Kier alpha value is -0.870. The molecule has 0 aromatic rings. The minimum atomic E-state index is -5.85. The minimum Gasteiger partial charge on any atom is -0.382 e. The van der Waals surface area contributed by atoms with Gasteiger partial charge in [0, 0.05) is 7.11 Å². The zero-order chi connectivity index (χ0) is 15.3. The molecular weight excluding hydrogens is 289 g/mol. The Balaban J connectivity index is 4.85. The molecule has 0 fully saturated rings. The van der Waals surface area contributed by atoms with Crippen molar-refractivity contribution < 1.29 is 44.9 Å². The van der Waals surface area contributed by atoms with Crippen LogP contribution in [0.15, 0.2) is 12.4 Å². The first-order valence-electron chi connectivity index (χ1n) is 4.71. The van der Waals surface area contributed by atoms with E-state index in [1.807, 2.05) is 0 Å². The maximum atomic E-state index is 13.4. The second-order valence-corrected chi connectivity index (χ2v) is 3.30. The van der Waals surface area contributed by atoms with Crippen LogP contribution in [0.4, 0.5) is 30.7 Å². The quantitative estimate of drug-likeness (QED) is 0.509. The van der Waals surface area contributed by atoms with Gasteiger partial charge in [-0.2, -0.15) is 26.3 Å². The average molecular weight is 300 g/mol. The van der Waals surface area contributed by atoms with Crippen LogP contribution in [-0.4, -0.2) is 45.1 Å². The third kappa shape index (κ3) is 5.33. The molecule has 0 spiro atoms. The first-order chi connectivity index (χ1) is 8.46. The number of rotatable bonds is 8. The molecule has 0 heterocycles. The third-order valence-electron chi connectivity index (χ3n) is 1.75. The molecule has 114 valence electrons. The molecule has 10 heteroatoms. The number of hydrogen-bond acceptors (Lipinski definition) is 3. The van der Waals surface area contributed by atoms with Gasteiger partial charge in [-0.25, -0.2) is 4.39 Å². The predicted molar refractivity (Wildman–Crippen MR) is 48.9 cm³/mol. The maximum Gasteiger partial charge on any atom is 0.451 e. The van der Waals surface area contributed by atoms with Gasteiger partial charge in [0.2, 0.25) is 0 Å². The Morgan fingerprint density at radius 1 is 1.05 bits per heavy atom. The van der Waals surface area contributed by atoms with Crippen molar-refractivity contribution in [1.82, 2.24) is 0 Å². The Morgan fingerprint density at radius 2 is 1.58 bits per heavy atom. The standard InChI is InChI=1S/C9H11F7O3/c1-6(10)8(12,13)19-7(11,9(14,15)16)5-18-4-3-17-2/h1,3-5H2,2H3. The Labute approximate surface area is 103 Å². The van der Waals surface area contributed by atoms with Crippen LogP contribution in [0.25, 0.3) is 0 Å². The summed E-state index contributed by atoms with van der Waals surface area (Å²) in [5.74, 6) is -7.44. The summed E-state index contributed by atoms with van der Waals surface area (Å²) >= 11 is 0. The smallest absolute Gasteiger partial charge is 0.382 e. The second kappa shape index (κ2) is 6.53. The predicted octanol–water partition coefficient (Wildman–Crippen LogP) is 2.97. The molecule has 0 aliphatic carbocycles. The van der Waals surface area contributed by atoms with Crippen molar-refractivity contribution in [2.75, 3.05) is 26.9 Å². The highest BCUT2D eigenvalue weighted by molar-refractivity contribution is 4.93. The van der Waals surface area contributed by atoms with Crippen molar-refractivity contribution in [3.63, 3.8) is 0 Å². The molecule has 0 aliphatic rings. The normalized spacial score (nSPS) is 16.2. The molecule has 0 aromatic carbocycles. The SMILES string of the molecule is C=C(F)C(F)(F)OC(F)(COCCOC)C(F)(F)F. The molecule has 0 radical (unpaired) electrons. The molecule has 0 rings (SSSR count). The van der Waals surface area contributed by atoms with Crippen LogP contribution in [0.3, 0.4) is 0 Å². The molecule has 0 saturated carbocycles. The van der Waals surface area contributed by atoms with E-state index in [1.165, 1.54) is 7.11 Å². The van der Waals surface area contributed by atoms with Crippen LogP contribution in [0.2, 0.25) is 0 Å².